The van der Waals surface area contributed by atoms with Crippen LogP contribution in [0.25, 0.3) is 0 Å². The number of carboxylic acids is 2. The maximum absolute atomic E-state index is 9.98. The van der Waals surface area contributed by atoms with Gasteiger partial charge in [0, 0.05) is 0 Å². The molecule has 0 radical (unpaired) electrons. The summed E-state index contributed by atoms with van der Waals surface area (Å²) in [6.45, 7) is -0.890. The third kappa shape index (κ3) is 4.85. The van der Waals surface area contributed by atoms with Crippen LogP contribution in [0, 0.1) is 0 Å². The molecule has 0 aromatic heterocycles. The summed E-state index contributed by atoms with van der Waals surface area (Å²) in [6.07, 6.45) is 0. The molecule has 2 N–H and O–H groups in total. The van der Waals surface area contributed by atoms with E-state index in [4.69, 9.17) is 10.2 Å². The average Bonchev–Trinajstić information content (AvgIpc) is 1.86. The Kier molecular flexibility index (Phi) is 3.60. The molecule has 0 rings (SSSR count). The number of aliphatic carboxylic acids is 2. The van der Waals surface area contributed by atoms with Gasteiger partial charge in [-0.25, -0.2) is 14.4 Å². The largest absolute Gasteiger partial charge is 0.479 e. The van der Waals surface area contributed by atoms with E-state index in [1.807, 2.05) is 0 Å². The monoisotopic (exact) mass is 164 g/mol. The van der Waals surface area contributed by atoms with Crippen LogP contribution in [0.3, 0.4) is 0 Å². The summed E-state index contributed by atoms with van der Waals surface area (Å²) in [5.74, 6) is -4.88. The zero-order valence-electron chi connectivity index (χ0n) is 5.14. The summed E-state index contributed by atoms with van der Waals surface area (Å²) in [6, 6.07) is 0. The molecule has 0 spiro atoms. The van der Waals surface area contributed by atoms with Gasteiger partial charge in [0.25, 0.3) is 0 Å². The lowest BCUT2D eigenvalue weighted by atomic mass is 10.7. The van der Waals surface area contributed by atoms with E-state index in [9.17, 15) is 14.4 Å². The molecule has 0 unspecified atom stereocenters. The Hall–Kier alpha value is -1.63. The molecule has 0 bridgehead atoms. The van der Waals surface area contributed by atoms with Crippen molar-refractivity contribution in [3.8, 4) is 0 Å². The fourth-order valence-electron chi connectivity index (χ4n) is 0.169. The van der Waals surface area contributed by atoms with E-state index >= 15 is 0 Å². The molecule has 0 aliphatic rings. The summed E-state index contributed by atoms with van der Waals surface area (Å²) >= 11 is 0. The van der Waals surface area contributed by atoms with Crippen LogP contribution in [0.2, 0.25) is 0 Å². The SMILES string of the molecule is O=C(O)COOC(=O)C(=O)O. The molecule has 0 aliphatic carbocycles. The van der Waals surface area contributed by atoms with Crippen LogP contribution in [0.5, 0.6) is 0 Å². The Labute approximate surface area is 60.1 Å². The topological polar surface area (TPSA) is 110 Å². The van der Waals surface area contributed by atoms with Crippen LogP contribution < -0.4 is 0 Å². The van der Waals surface area contributed by atoms with Gasteiger partial charge in [-0.15, -0.1) is 0 Å². The molecular formula is C4H4O7. The van der Waals surface area contributed by atoms with E-state index in [1.165, 1.54) is 0 Å². The van der Waals surface area contributed by atoms with Crippen LogP contribution in [0.15, 0.2) is 0 Å². The lowest BCUT2D eigenvalue weighted by Gasteiger charge is -1.95. The summed E-state index contributed by atoms with van der Waals surface area (Å²) in [4.78, 5) is 36.5. The average molecular weight is 164 g/mol. The number of hydrogen-bond donors (Lipinski definition) is 2. The molecule has 0 heterocycles. The highest BCUT2D eigenvalue weighted by atomic mass is 17.2. The third-order valence-corrected chi connectivity index (χ3v) is 0.492. The normalized spacial score (nSPS) is 8.73. The second-order valence-electron chi connectivity index (χ2n) is 1.33. The molecule has 0 fully saturated rings. The number of carbonyl (C=O) groups is 3. The molecule has 0 aromatic carbocycles. The zero-order valence-corrected chi connectivity index (χ0v) is 5.14. The maximum atomic E-state index is 9.98. The predicted octanol–water partition coefficient (Wildman–Crippen LogP) is -1.37. The van der Waals surface area contributed by atoms with Gasteiger partial charge in [-0.1, -0.05) is 0 Å². The molecule has 0 saturated carbocycles. The van der Waals surface area contributed by atoms with E-state index in [0.29, 0.717) is 0 Å². The third-order valence-electron chi connectivity index (χ3n) is 0.492. The van der Waals surface area contributed by atoms with Crippen LogP contribution in [-0.4, -0.2) is 34.7 Å². The number of rotatable bonds is 3. The van der Waals surface area contributed by atoms with Gasteiger partial charge in [-0.3, -0.25) is 4.89 Å². The van der Waals surface area contributed by atoms with Crippen molar-refractivity contribution < 1.29 is 34.4 Å². The molecule has 0 saturated heterocycles. The van der Waals surface area contributed by atoms with Crippen molar-refractivity contribution in [3.63, 3.8) is 0 Å². The Morgan fingerprint density at radius 3 is 2.09 bits per heavy atom. The fraction of sp³-hybridized carbons (Fsp3) is 0.250. The number of carboxylic acid groups (broad SMARTS) is 2. The lowest BCUT2D eigenvalue weighted by Crippen LogP contribution is -2.18. The minimum absolute atomic E-state index is 0.890. The van der Waals surface area contributed by atoms with Crippen LogP contribution >= 0.6 is 0 Å². The lowest BCUT2D eigenvalue weighted by molar-refractivity contribution is -0.270. The van der Waals surface area contributed by atoms with Crippen LogP contribution in [0.1, 0.15) is 0 Å². The second-order valence-corrected chi connectivity index (χ2v) is 1.33. The summed E-state index contributed by atoms with van der Waals surface area (Å²) in [5, 5.41) is 15.7. The Morgan fingerprint density at radius 2 is 1.73 bits per heavy atom. The van der Waals surface area contributed by atoms with Gasteiger partial charge in [0.2, 0.25) is 0 Å². The highest BCUT2D eigenvalue weighted by molar-refractivity contribution is 6.28. The van der Waals surface area contributed by atoms with Gasteiger partial charge in [0.1, 0.15) is 0 Å². The first-order valence-electron chi connectivity index (χ1n) is 2.32. The zero-order chi connectivity index (χ0) is 8.85. The van der Waals surface area contributed by atoms with Crippen molar-refractivity contribution in [2.75, 3.05) is 6.61 Å². The van der Waals surface area contributed by atoms with Crippen molar-refractivity contribution in [1.29, 1.82) is 0 Å². The van der Waals surface area contributed by atoms with Crippen molar-refractivity contribution >= 4 is 17.9 Å². The minimum Gasteiger partial charge on any atom is -0.479 e. The first kappa shape index (κ1) is 9.37. The molecule has 7 heteroatoms. The highest BCUT2D eigenvalue weighted by Crippen LogP contribution is 1.80. The van der Waals surface area contributed by atoms with E-state index in [1.54, 1.807) is 0 Å². The van der Waals surface area contributed by atoms with Gasteiger partial charge in [0.15, 0.2) is 6.61 Å². The van der Waals surface area contributed by atoms with Crippen molar-refractivity contribution in [1.82, 2.24) is 0 Å². The summed E-state index contributed by atoms with van der Waals surface area (Å²) in [5.41, 5.74) is 0. The summed E-state index contributed by atoms with van der Waals surface area (Å²) < 4.78 is 0. The molecule has 0 atom stereocenters. The molecule has 11 heavy (non-hydrogen) atoms. The Bertz CT molecular complexity index is 183. The number of carbonyl (C=O) groups excluding carboxylic acids is 1. The standard InChI is InChI=1S/C4H4O7/c5-2(6)1-10-11-4(9)3(7)8/h1H2,(H,5,6)(H,7,8). The van der Waals surface area contributed by atoms with Crippen LogP contribution in [0.4, 0.5) is 0 Å². The second kappa shape index (κ2) is 4.23. The maximum Gasteiger partial charge on any atom is 0.449 e. The van der Waals surface area contributed by atoms with E-state index < -0.39 is 24.5 Å². The Morgan fingerprint density at radius 1 is 1.18 bits per heavy atom. The minimum atomic E-state index is -1.85. The van der Waals surface area contributed by atoms with Gasteiger partial charge >= 0.3 is 17.9 Å². The molecule has 62 valence electrons. The van der Waals surface area contributed by atoms with E-state index in [2.05, 4.69) is 9.78 Å². The molecule has 0 aliphatic heterocycles. The summed E-state index contributed by atoms with van der Waals surface area (Å²) in [7, 11) is 0. The van der Waals surface area contributed by atoms with Crippen molar-refractivity contribution in [2.45, 2.75) is 0 Å². The van der Waals surface area contributed by atoms with Crippen molar-refractivity contribution in [2.24, 2.45) is 0 Å². The Balaban J connectivity index is 3.47. The van der Waals surface area contributed by atoms with Gasteiger partial charge in [-0.2, -0.15) is 4.89 Å². The van der Waals surface area contributed by atoms with Gasteiger partial charge in [-0.05, 0) is 0 Å². The number of hydrogen-bond acceptors (Lipinski definition) is 5. The first-order valence-corrected chi connectivity index (χ1v) is 2.32. The van der Waals surface area contributed by atoms with E-state index in [0.717, 1.165) is 0 Å². The first-order chi connectivity index (χ1) is 5.04. The molecule has 0 aromatic rings. The highest BCUT2D eigenvalue weighted by Gasteiger charge is 2.14. The molecular weight excluding hydrogens is 160 g/mol. The predicted molar refractivity (Wildman–Crippen MR) is 27.3 cm³/mol. The van der Waals surface area contributed by atoms with Crippen LogP contribution in [-0.2, 0) is 24.2 Å². The molecule has 7 nitrogen and oxygen atoms in total. The smallest absolute Gasteiger partial charge is 0.449 e. The quantitative estimate of drug-likeness (QED) is 0.300. The molecule has 0 amide bonds. The van der Waals surface area contributed by atoms with Crippen molar-refractivity contribution in [3.05, 3.63) is 0 Å². The van der Waals surface area contributed by atoms with Gasteiger partial charge in [0.05, 0.1) is 0 Å². The van der Waals surface area contributed by atoms with E-state index in [-0.39, 0.29) is 0 Å². The fourth-order valence-corrected chi connectivity index (χ4v) is 0.169. The van der Waals surface area contributed by atoms with Gasteiger partial charge < -0.3 is 10.2 Å².